The van der Waals surface area contributed by atoms with Crippen molar-refractivity contribution < 1.29 is 9.59 Å². The second-order valence-corrected chi connectivity index (χ2v) is 8.72. The summed E-state index contributed by atoms with van der Waals surface area (Å²) in [6.07, 6.45) is 2.20. The maximum Gasteiger partial charge on any atom is 0.263 e. The summed E-state index contributed by atoms with van der Waals surface area (Å²) in [7, 11) is 0. The van der Waals surface area contributed by atoms with Crippen molar-refractivity contribution >= 4 is 44.7 Å². The number of thiophene rings is 1. The van der Waals surface area contributed by atoms with Crippen LogP contribution in [-0.2, 0) is 11.2 Å². The number of hydrogen-bond donors (Lipinski definition) is 1. The number of benzene rings is 1. The number of thiazole rings is 1. The molecule has 2 aromatic heterocycles. The Balaban J connectivity index is 1.23. The van der Waals surface area contributed by atoms with E-state index in [4.69, 9.17) is 0 Å². The largest absolute Gasteiger partial charge is 0.355 e. The number of carbonyl (C=O) groups is 2. The summed E-state index contributed by atoms with van der Waals surface area (Å²) >= 11 is 3.15. The molecule has 1 fully saturated rings. The fourth-order valence-corrected chi connectivity index (χ4v) is 5.02. The Labute approximate surface area is 166 Å². The molecule has 7 heteroatoms. The highest BCUT2D eigenvalue weighted by Crippen LogP contribution is 2.22. The average molecular weight is 400 g/mol. The normalized spacial score (nSPS) is 15.2. The SMILES string of the molecule is O=C(NCCc1nc2ccccc2s1)C1CCN(C(=O)c2cccs2)CC1. The molecule has 27 heavy (non-hydrogen) atoms. The Kier molecular flexibility index (Phi) is 5.50. The van der Waals surface area contributed by atoms with Crippen molar-refractivity contribution in [3.8, 4) is 0 Å². The molecule has 2 amide bonds. The summed E-state index contributed by atoms with van der Waals surface area (Å²) in [4.78, 5) is 32.0. The van der Waals surface area contributed by atoms with Crippen molar-refractivity contribution in [2.45, 2.75) is 19.3 Å². The molecule has 1 aliphatic heterocycles. The highest BCUT2D eigenvalue weighted by atomic mass is 32.1. The van der Waals surface area contributed by atoms with E-state index in [9.17, 15) is 9.59 Å². The van der Waals surface area contributed by atoms with Crippen molar-refractivity contribution in [2.24, 2.45) is 5.92 Å². The minimum Gasteiger partial charge on any atom is -0.355 e. The smallest absolute Gasteiger partial charge is 0.263 e. The molecule has 0 spiro atoms. The molecule has 1 N–H and O–H groups in total. The zero-order valence-electron chi connectivity index (χ0n) is 14.9. The third kappa shape index (κ3) is 4.20. The number of nitrogens with one attached hydrogen (secondary N) is 1. The predicted molar refractivity (Wildman–Crippen MR) is 109 cm³/mol. The number of amides is 2. The van der Waals surface area contributed by atoms with Gasteiger partial charge in [0.15, 0.2) is 0 Å². The van der Waals surface area contributed by atoms with Gasteiger partial charge in [0.2, 0.25) is 5.91 Å². The van der Waals surface area contributed by atoms with Gasteiger partial charge in [-0.25, -0.2) is 4.98 Å². The van der Waals surface area contributed by atoms with E-state index < -0.39 is 0 Å². The molecule has 0 atom stereocenters. The van der Waals surface area contributed by atoms with Gasteiger partial charge >= 0.3 is 0 Å². The van der Waals surface area contributed by atoms with Crippen LogP contribution in [-0.4, -0.2) is 41.3 Å². The number of piperidine rings is 1. The molecular weight excluding hydrogens is 378 g/mol. The lowest BCUT2D eigenvalue weighted by atomic mass is 9.95. The lowest BCUT2D eigenvalue weighted by Crippen LogP contribution is -2.43. The molecule has 0 saturated carbocycles. The van der Waals surface area contributed by atoms with Crippen LogP contribution in [0.25, 0.3) is 10.2 Å². The van der Waals surface area contributed by atoms with Gasteiger partial charge in [-0.05, 0) is 36.4 Å². The Bertz CT molecular complexity index is 895. The van der Waals surface area contributed by atoms with Gasteiger partial charge in [0.1, 0.15) is 0 Å². The van der Waals surface area contributed by atoms with E-state index in [2.05, 4.69) is 16.4 Å². The average Bonchev–Trinajstić information content (AvgIpc) is 3.37. The Hall–Kier alpha value is -2.25. The summed E-state index contributed by atoms with van der Waals surface area (Å²) in [6, 6.07) is 11.8. The molecule has 1 saturated heterocycles. The Morgan fingerprint density at radius 2 is 1.96 bits per heavy atom. The van der Waals surface area contributed by atoms with Crippen molar-refractivity contribution in [3.05, 3.63) is 51.7 Å². The zero-order valence-corrected chi connectivity index (χ0v) is 16.5. The molecule has 0 unspecified atom stereocenters. The Morgan fingerprint density at radius 3 is 2.70 bits per heavy atom. The van der Waals surface area contributed by atoms with Crippen LogP contribution in [0.1, 0.15) is 27.5 Å². The van der Waals surface area contributed by atoms with Crippen LogP contribution in [0, 0.1) is 5.92 Å². The van der Waals surface area contributed by atoms with E-state index in [1.807, 2.05) is 40.6 Å². The monoisotopic (exact) mass is 399 g/mol. The lowest BCUT2D eigenvalue weighted by Gasteiger charge is -2.31. The van der Waals surface area contributed by atoms with Crippen LogP contribution in [0.4, 0.5) is 0 Å². The number of para-hydroxylation sites is 1. The minimum atomic E-state index is -0.00671. The first-order valence-corrected chi connectivity index (χ1v) is 10.9. The van der Waals surface area contributed by atoms with Crippen LogP contribution < -0.4 is 5.32 Å². The number of nitrogens with zero attached hydrogens (tertiary/aromatic N) is 2. The first-order valence-electron chi connectivity index (χ1n) is 9.15. The molecule has 4 rings (SSSR count). The lowest BCUT2D eigenvalue weighted by molar-refractivity contribution is -0.126. The summed E-state index contributed by atoms with van der Waals surface area (Å²) in [5.74, 6) is 0.173. The first kappa shape index (κ1) is 18.1. The first-order chi connectivity index (χ1) is 13.2. The van der Waals surface area contributed by atoms with E-state index >= 15 is 0 Å². The number of carbonyl (C=O) groups excluding carboxylic acids is 2. The topological polar surface area (TPSA) is 62.3 Å². The van der Waals surface area contributed by atoms with Crippen molar-refractivity contribution in [1.82, 2.24) is 15.2 Å². The molecule has 3 heterocycles. The molecule has 3 aromatic rings. The van der Waals surface area contributed by atoms with E-state index in [0.717, 1.165) is 34.7 Å². The van der Waals surface area contributed by atoms with Crippen molar-refractivity contribution in [2.75, 3.05) is 19.6 Å². The highest BCUT2D eigenvalue weighted by Gasteiger charge is 2.27. The van der Waals surface area contributed by atoms with Crippen molar-refractivity contribution in [3.63, 3.8) is 0 Å². The van der Waals surface area contributed by atoms with E-state index in [1.165, 1.54) is 16.0 Å². The van der Waals surface area contributed by atoms with E-state index in [0.29, 0.717) is 19.6 Å². The summed E-state index contributed by atoms with van der Waals surface area (Å²) in [5.41, 5.74) is 1.02. The van der Waals surface area contributed by atoms with Crippen LogP contribution >= 0.6 is 22.7 Å². The summed E-state index contributed by atoms with van der Waals surface area (Å²) in [6.45, 7) is 1.90. The molecule has 0 aliphatic carbocycles. The second kappa shape index (κ2) is 8.19. The summed E-state index contributed by atoms with van der Waals surface area (Å²) < 4.78 is 1.18. The van der Waals surface area contributed by atoms with Gasteiger partial charge in [0.05, 0.1) is 20.1 Å². The van der Waals surface area contributed by atoms with Gasteiger partial charge in [0.25, 0.3) is 5.91 Å². The number of fused-ring (bicyclic) bond motifs is 1. The van der Waals surface area contributed by atoms with Crippen molar-refractivity contribution in [1.29, 1.82) is 0 Å². The van der Waals surface area contributed by atoms with Crippen LogP contribution in [0.5, 0.6) is 0 Å². The second-order valence-electron chi connectivity index (χ2n) is 6.66. The van der Waals surface area contributed by atoms with Crippen LogP contribution in [0.2, 0.25) is 0 Å². The molecule has 0 radical (unpaired) electrons. The van der Waals surface area contributed by atoms with Gasteiger partial charge < -0.3 is 10.2 Å². The fraction of sp³-hybridized carbons (Fsp3) is 0.350. The number of hydrogen-bond acceptors (Lipinski definition) is 5. The summed E-state index contributed by atoms with van der Waals surface area (Å²) in [5, 5.41) is 6.01. The van der Waals surface area contributed by atoms with E-state index in [1.54, 1.807) is 11.3 Å². The minimum absolute atomic E-state index is 0.00671. The number of likely N-dealkylation sites (tertiary alicyclic amines) is 1. The standard InChI is InChI=1S/C20H21N3O2S2/c24-19(21-10-7-18-22-15-4-1-2-5-16(15)27-18)14-8-11-23(12-9-14)20(25)17-6-3-13-26-17/h1-6,13-14H,7-12H2,(H,21,24). The number of rotatable bonds is 5. The fourth-order valence-electron chi connectivity index (χ4n) is 3.36. The third-order valence-corrected chi connectivity index (χ3v) is 6.82. The Morgan fingerprint density at radius 1 is 1.15 bits per heavy atom. The predicted octanol–water partition coefficient (Wildman–Crippen LogP) is 3.57. The third-order valence-electron chi connectivity index (χ3n) is 4.86. The molecular formula is C20H21N3O2S2. The van der Waals surface area contributed by atoms with Gasteiger partial charge in [0, 0.05) is 32.0 Å². The molecule has 1 aromatic carbocycles. The maximum absolute atomic E-state index is 12.4. The van der Waals surface area contributed by atoms with Crippen LogP contribution in [0.3, 0.4) is 0 Å². The van der Waals surface area contributed by atoms with E-state index in [-0.39, 0.29) is 17.7 Å². The zero-order chi connectivity index (χ0) is 18.6. The van der Waals surface area contributed by atoms with Crippen LogP contribution in [0.15, 0.2) is 41.8 Å². The van der Waals surface area contributed by atoms with Gasteiger partial charge in [-0.15, -0.1) is 22.7 Å². The van der Waals surface area contributed by atoms with Gasteiger partial charge in [-0.3, -0.25) is 9.59 Å². The number of aromatic nitrogens is 1. The molecule has 140 valence electrons. The molecule has 5 nitrogen and oxygen atoms in total. The quantitative estimate of drug-likeness (QED) is 0.713. The highest BCUT2D eigenvalue weighted by molar-refractivity contribution is 7.18. The maximum atomic E-state index is 12.4. The van der Waals surface area contributed by atoms with Gasteiger partial charge in [-0.1, -0.05) is 18.2 Å². The van der Waals surface area contributed by atoms with Gasteiger partial charge in [-0.2, -0.15) is 0 Å². The molecule has 1 aliphatic rings. The molecule has 0 bridgehead atoms.